The van der Waals surface area contributed by atoms with Gasteiger partial charge in [-0.25, -0.2) is 0 Å². The number of halogens is 1. The summed E-state index contributed by atoms with van der Waals surface area (Å²) in [6.07, 6.45) is 1.10. The molecule has 2 heteroatoms. The van der Waals surface area contributed by atoms with Crippen LogP contribution in [0.5, 0.6) is 0 Å². The minimum atomic E-state index is 0.188. The van der Waals surface area contributed by atoms with Crippen molar-refractivity contribution in [2.24, 2.45) is 5.92 Å². The molecule has 1 atom stereocenters. The third-order valence-corrected chi connectivity index (χ3v) is 4.25. The fraction of sp³-hybridized carbons (Fsp3) is 0.571. The monoisotopic (exact) mass is 237 g/mol. The van der Waals surface area contributed by atoms with Gasteiger partial charge >= 0.3 is 0 Å². The lowest BCUT2D eigenvalue weighted by Gasteiger charge is -2.36. The van der Waals surface area contributed by atoms with Gasteiger partial charge in [0.2, 0.25) is 0 Å². The molecule has 1 aromatic rings. The number of hydrogen-bond acceptors (Lipinski definition) is 1. The lowest BCUT2D eigenvalue weighted by molar-refractivity contribution is 0.319. The maximum absolute atomic E-state index is 6.13. The lowest BCUT2D eigenvalue weighted by atomic mass is 9.71. The molecule has 16 heavy (non-hydrogen) atoms. The van der Waals surface area contributed by atoms with E-state index in [9.17, 15) is 0 Å². The zero-order valence-corrected chi connectivity index (χ0v) is 11.1. The van der Waals surface area contributed by atoms with Crippen LogP contribution in [-0.4, -0.2) is 13.1 Å². The summed E-state index contributed by atoms with van der Waals surface area (Å²) < 4.78 is 0. The first-order valence-corrected chi connectivity index (χ1v) is 6.39. The Balaban J connectivity index is 2.51. The van der Waals surface area contributed by atoms with Crippen molar-refractivity contribution in [3.8, 4) is 0 Å². The van der Waals surface area contributed by atoms with Gasteiger partial charge in [-0.2, -0.15) is 0 Å². The largest absolute Gasteiger partial charge is 0.316 e. The van der Waals surface area contributed by atoms with Crippen molar-refractivity contribution >= 4 is 11.6 Å². The molecule has 0 fully saturated rings. The molecule has 1 aromatic carbocycles. The number of benzene rings is 1. The van der Waals surface area contributed by atoms with E-state index in [0.29, 0.717) is 5.92 Å². The van der Waals surface area contributed by atoms with E-state index in [1.165, 1.54) is 11.1 Å². The molecular weight excluding hydrogens is 218 g/mol. The van der Waals surface area contributed by atoms with Gasteiger partial charge in [0.25, 0.3) is 0 Å². The highest BCUT2D eigenvalue weighted by Gasteiger charge is 2.31. The molecule has 1 unspecified atom stereocenters. The van der Waals surface area contributed by atoms with Crippen LogP contribution in [0.25, 0.3) is 0 Å². The topological polar surface area (TPSA) is 12.0 Å². The Labute approximate surface area is 103 Å². The molecule has 0 saturated heterocycles. The summed E-state index contributed by atoms with van der Waals surface area (Å²) in [6, 6.07) is 6.33. The van der Waals surface area contributed by atoms with Crippen molar-refractivity contribution in [3.05, 3.63) is 34.3 Å². The van der Waals surface area contributed by atoms with Gasteiger partial charge in [0.15, 0.2) is 0 Å². The highest BCUT2D eigenvalue weighted by Crippen LogP contribution is 2.36. The number of rotatable bonds is 0. The molecule has 1 heterocycles. The Morgan fingerprint density at radius 1 is 1.38 bits per heavy atom. The maximum atomic E-state index is 6.13. The van der Waals surface area contributed by atoms with E-state index in [1.54, 1.807) is 0 Å². The first-order chi connectivity index (χ1) is 7.51. The Bertz CT molecular complexity index is 384. The van der Waals surface area contributed by atoms with E-state index in [0.717, 1.165) is 24.5 Å². The molecule has 0 bridgehead atoms. The minimum Gasteiger partial charge on any atom is -0.316 e. The van der Waals surface area contributed by atoms with Gasteiger partial charge in [0, 0.05) is 5.02 Å². The van der Waals surface area contributed by atoms with Gasteiger partial charge in [0.1, 0.15) is 0 Å². The molecule has 1 nitrogen and oxygen atoms in total. The number of fused-ring (bicyclic) bond motifs is 1. The fourth-order valence-corrected chi connectivity index (χ4v) is 2.60. The molecule has 1 aliphatic heterocycles. The molecule has 88 valence electrons. The first kappa shape index (κ1) is 11.9. The summed E-state index contributed by atoms with van der Waals surface area (Å²) in [4.78, 5) is 0. The van der Waals surface area contributed by atoms with E-state index in [-0.39, 0.29) is 5.41 Å². The molecule has 0 saturated carbocycles. The van der Waals surface area contributed by atoms with Gasteiger partial charge in [-0.05, 0) is 54.1 Å². The third kappa shape index (κ3) is 2.11. The van der Waals surface area contributed by atoms with Crippen LogP contribution in [0.3, 0.4) is 0 Å². The van der Waals surface area contributed by atoms with E-state index >= 15 is 0 Å². The average molecular weight is 238 g/mol. The van der Waals surface area contributed by atoms with Crippen LogP contribution in [0.4, 0.5) is 0 Å². The second-order valence-corrected chi connectivity index (χ2v) is 5.81. The molecule has 1 N–H and O–H groups in total. The number of nitrogens with one attached hydrogen (secondary N) is 1. The molecule has 0 aromatic heterocycles. The summed E-state index contributed by atoms with van der Waals surface area (Å²) in [6.45, 7) is 9.09. The van der Waals surface area contributed by atoms with Crippen LogP contribution in [0.15, 0.2) is 18.2 Å². The van der Waals surface area contributed by atoms with Crippen molar-refractivity contribution in [1.82, 2.24) is 5.32 Å². The third-order valence-electron chi connectivity index (χ3n) is 4.02. The van der Waals surface area contributed by atoms with Crippen LogP contribution >= 0.6 is 11.6 Å². The van der Waals surface area contributed by atoms with Crippen molar-refractivity contribution in [3.63, 3.8) is 0 Å². The maximum Gasteiger partial charge on any atom is 0.0409 e. The van der Waals surface area contributed by atoms with Gasteiger partial charge in [-0.3, -0.25) is 0 Å². The molecule has 0 radical (unpaired) electrons. The number of hydrogen-bond donors (Lipinski definition) is 1. The highest BCUT2D eigenvalue weighted by atomic mass is 35.5. The van der Waals surface area contributed by atoms with Gasteiger partial charge in [-0.15, -0.1) is 0 Å². The van der Waals surface area contributed by atoms with E-state index in [4.69, 9.17) is 11.6 Å². The van der Waals surface area contributed by atoms with Crippen LogP contribution in [0.1, 0.15) is 31.9 Å². The molecule has 0 aliphatic carbocycles. The van der Waals surface area contributed by atoms with E-state index in [2.05, 4.69) is 38.2 Å². The van der Waals surface area contributed by atoms with E-state index in [1.807, 2.05) is 6.07 Å². The standard InChI is InChI=1S/C14H20ClN/c1-10-9-16-7-6-11-4-5-12(15)8-13(11)14(10,2)3/h4-5,8,10,16H,6-7,9H2,1-3H3. The van der Waals surface area contributed by atoms with Crippen molar-refractivity contribution in [1.29, 1.82) is 0 Å². The van der Waals surface area contributed by atoms with Crippen molar-refractivity contribution in [2.45, 2.75) is 32.6 Å². The Morgan fingerprint density at radius 2 is 2.12 bits per heavy atom. The average Bonchev–Trinajstić information content (AvgIpc) is 2.24. The molecule has 1 aliphatic rings. The van der Waals surface area contributed by atoms with Gasteiger partial charge < -0.3 is 5.32 Å². The summed E-state index contributed by atoms with van der Waals surface area (Å²) in [5.74, 6) is 0.616. The molecular formula is C14H20ClN. The predicted octanol–water partition coefficient (Wildman–Crippen LogP) is 3.40. The predicted molar refractivity (Wildman–Crippen MR) is 70.2 cm³/mol. The van der Waals surface area contributed by atoms with Crippen LogP contribution in [0, 0.1) is 5.92 Å². The summed E-state index contributed by atoms with van der Waals surface area (Å²) >= 11 is 6.13. The zero-order valence-electron chi connectivity index (χ0n) is 10.3. The Hall–Kier alpha value is -0.530. The quantitative estimate of drug-likeness (QED) is 0.729. The SMILES string of the molecule is CC1CNCCc2ccc(Cl)cc2C1(C)C. The summed E-state index contributed by atoms with van der Waals surface area (Å²) in [5.41, 5.74) is 3.05. The fourth-order valence-electron chi connectivity index (χ4n) is 2.43. The minimum absolute atomic E-state index is 0.188. The van der Waals surface area contributed by atoms with Crippen LogP contribution in [0.2, 0.25) is 5.02 Å². The van der Waals surface area contributed by atoms with Crippen molar-refractivity contribution < 1.29 is 0 Å². The van der Waals surface area contributed by atoms with Crippen LogP contribution in [-0.2, 0) is 11.8 Å². The van der Waals surface area contributed by atoms with Gasteiger partial charge in [0.05, 0.1) is 0 Å². The Morgan fingerprint density at radius 3 is 2.88 bits per heavy atom. The summed E-state index contributed by atoms with van der Waals surface area (Å²) in [7, 11) is 0. The van der Waals surface area contributed by atoms with Crippen molar-refractivity contribution in [2.75, 3.05) is 13.1 Å². The Kier molecular flexibility index (Phi) is 3.27. The van der Waals surface area contributed by atoms with Gasteiger partial charge in [-0.1, -0.05) is 38.4 Å². The molecule has 0 spiro atoms. The van der Waals surface area contributed by atoms with Crippen LogP contribution < -0.4 is 5.32 Å². The second kappa shape index (κ2) is 4.38. The molecule has 0 amide bonds. The smallest absolute Gasteiger partial charge is 0.0409 e. The lowest BCUT2D eigenvalue weighted by Crippen LogP contribution is -2.38. The second-order valence-electron chi connectivity index (χ2n) is 5.38. The van der Waals surface area contributed by atoms with E-state index < -0.39 is 0 Å². The highest BCUT2D eigenvalue weighted by molar-refractivity contribution is 6.30. The first-order valence-electron chi connectivity index (χ1n) is 6.01. The summed E-state index contributed by atoms with van der Waals surface area (Å²) in [5, 5.41) is 4.37. The molecule has 2 rings (SSSR count). The normalized spacial score (nSPS) is 24.4. The zero-order chi connectivity index (χ0) is 11.8.